The summed E-state index contributed by atoms with van der Waals surface area (Å²) in [6.45, 7) is 0.686. The first-order valence-electron chi connectivity index (χ1n) is 8.28. The summed E-state index contributed by atoms with van der Waals surface area (Å²) in [6.07, 6.45) is 1.21. The number of carboxylic acids is 1. The van der Waals surface area contributed by atoms with Gasteiger partial charge in [0.1, 0.15) is 5.75 Å². The van der Waals surface area contributed by atoms with E-state index in [0.29, 0.717) is 24.6 Å². The van der Waals surface area contributed by atoms with Crippen LogP contribution < -0.4 is 4.74 Å². The summed E-state index contributed by atoms with van der Waals surface area (Å²) < 4.78 is 15.9. The fraction of sp³-hybridized carbons (Fsp3) is 0.389. The quantitative estimate of drug-likeness (QED) is 0.834. The summed E-state index contributed by atoms with van der Waals surface area (Å²) in [5.41, 5.74) is 0.869. The topological polar surface area (TPSA) is 102 Å². The van der Waals surface area contributed by atoms with E-state index in [2.05, 4.69) is 4.98 Å². The van der Waals surface area contributed by atoms with Crippen LogP contribution in [0, 0.1) is 0 Å². The van der Waals surface area contributed by atoms with Crippen LogP contribution in [0.25, 0.3) is 11.3 Å². The molecule has 1 fully saturated rings. The average molecular weight is 360 g/mol. The van der Waals surface area contributed by atoms with E-state index in [9.17, 15) is 9.59 Å². The van der Waals surface area contributed by atoms with Gasteiger partial charge in [-0.05, 0) is 24.3 Å². The highest BCUT2D eigenvalue weighted by Crippen LogP contribution is 2.23. The highest BCUT2D eigenvalue weighted by atomic mass is 16.5. The van der Waals surface area contributed by atoms with Gasteiger partial charge < -0.3 is 23.9 Å². The predicted octanol–water partition coefficient (Wildman–Crippen LogP) is 1.59. The molecule has 2 aromatic rings. The molecule has 0 aliphatic carbocycles. The molecule has 0 radical (unpaired) electrons. The summed E-state index contributed by atoms with van der Waals surface area (Å²) in [4.78, 5) is 29.0. The van der Waals surface area contributed by atoms with E-state index in [1.807, 2.05) is 24.3 Å². The second-order valence-corrected chi connectivity index (χ2v) is 5.88. The molecular weight excluding hydrogens is 340 g/mol. The lowest BCUT2D eigenvalue weighted by molar-refractivity contribution is -0.159. The van der Waals surface area contributed by atoms with E-state index in [1.165, 1.54) is 4.90 Å². The molecule has 1 aliphatic rings. The number of carbonyl (C=O) groups is 2. The van der Waals surface area contributed by atoms with Gasteiger partial charge in [-0.1, -0.05) is 0 Å². The Morgan fingerprint density at radius 2 is 2.12 bits per heavy atom. The molecule has 1 unspecified atom stereocenters. The van der Waals surface area contributed by atoms with Crippen molar-refractivity contribution in [3.63, 3.8) is 0 Å². The van der Waals surface area contributed by atoms with Crippen LogP contribution in [0.5, 0.6) is 5.75 Å². The number of aromatic nitrogens is 1. The minimum absolute atomic E-state index is 0.0663. The molecule has 0 bridgehead atoms. The van der Waals surface area contributed by atoms with Gasteiger partial charge in [-0.25, -0.2) is 9.78 Å². The van der Waals surface area contributed by atoms with E-state index in [0.717, 1.165) is 11.3 Å². The number of carboxylic acid groups (broad SMARTS) is 1. The average Bonchev–Trinajstić information content (AvgIpc) is 3.15. The van der Waals surface area contributed by atoms with Crippen molar-refractivity contribution in [2.24, 2.45) is 0 Å². The lowest BCUT2D eigenvalue weighted by atomic mass is 10.2. The summed E-state index contributed by atoms with van der Waals surface area (Å²) in [7, 11) is 1.60. The molecular formula is C18H20N2O6. The van der Waals surface area contributed by atoms with Gasteiger partial charge in [0.15, 0.2) is 17.8 Å². The second-order valence-electron chi connectivity index (χ2n) is 5.88. The number of hydrogen-bond donors (Lipinski definition) is 1. The third-order valence-corrected chi connectivity index (χ3v) is 4.18. The molecule has 3 rings (SSSR count). The summed E-state index contributed by atoms with van der Waals surface area (Å²) in [5, 5.41) is 8.99. The van der Waals surface area contributed by atoms with Crippen molar-refractivity contribution < 1.29 is 28.6 Å². The van der Waals surface area contributed by atoms with Gasteiger partial charge in [-0.2, -0.15) is 0 Å². The Kier molecular flexibility index (Phi) is 5.52. The van der Waals surface area contributed by atoms with Gasteiger partial charge in [0.2, 0.25) is 5.91 Å². The van der Waals surface area contributed by atoms with Crippen LogP contribution in [0.4, 0.5) is 0 Å². The zero-order valence-electron chi connectivity index (χ0n) is 14.4. The third-order valence-electron chi connectivity index (χ3n) is 4.18. The molecule has 138 valence electrons. The highest BCUT2D eigenvalue weighted by Gasteiger charge is 2.28. The number of aryl methyl sites for hydroxylation is 1. The van der Waals surface area contributed by atoms with Gasteiger partial charge in [0.05, 0.1) is 26.5 Å². The van der Waals surface area contributed by atoms with E-state index in [1.54, 1.807) is 13.3 Å². The predicted molar refractivity (Wildman–Crippen MR) is 90.8 cm³/mol. The van der Waals surface area contributed by atoms with Crippen molar-refractivity contribution in [1.82, 2.24) is 9.88 Å². The molecule has 0 spiro atoms. The maximum Gasteiger partial charge on any atom is 0.334 e. The fourth-order valence-corrected chi connectivity index (χ4v) is 2.71. The minimum atomic E-state index is -1.06. The summed E-state index contributed by atoms with van der Waals surface area (Å²) in [6, 6.07) is 7.40. The lowest BCUT2D eigenvalue weighted by Gasteiger charge is -2.30. The van der Waals surface area contributed by atoms with Crippen LogP contribution in [0.1, 0.15) is 12.3 Å². The molecule has 8 heteroatoms. The second kappa shape index (κ2) is 8.01. The standard InChI is InChI=1S/C18H20N2O6/c1-24-13-4-2-12(3-5-13)14-10-19-16(26-14)6-7-17(21)20-8-9-25-15(11-20)18(22)23/h2-5,10,15H,6-9,11H2,1H3,(H,22,23). The van der Waals surface area contributed by atoms with E-state index >= 15 is 0 Å². The van der Waals surface area contributed by atoms with E-state index in [4.69, 9.17) is 19.0 Å². The third kappa shape index (κ3) is 4.20. The lowest BCUT2D eigenvalue weighted by Crippen LogP contribution is -2.48. The Morgan fingerprint density at radius 3 is 2.81 bits per heavy atom. The Labute approximate surface area is 150 Å². The summed E-state index contributed by atoms with van der Waals surface area (Å²) >= 11 is 0. The molecule has 26 heavy (non-hydrogen) atoms. The maximum atomic E-state index is 12.3. The number of amides is 1. The number of oxazole rings is 1. The van der Waals surface area contributed by atoms with Crippen LogP contribution in [0.2, 0.25) is 0 Å². The van der Waals surface area contributed by atoms with Crippen LogP contribution in [0.15, 0.2) is 34.9 Å². The number of morpholine rings is 1. The van der Waals surface area contributed by atoms with E-state index in [-0.39, 0.29) is 25.5 Å². The molecule has 1 amide bonds. The van der Waals surface area contributed by atoms with Gasteiger partial charge >= 0.3 is 5.97 Å². The number of carbonyl (C=O) groups excluding carboxylic acids is 1. The summed E-state index contributed by atoms with van der Waals surface area (Å²) in [5.74, 6) is 0.645. The normalized spacial score (nSPS) is 17.1. The van der Waals surface area contributed by atoms with Crippen LogP contribution in [-0.2, 0) is 20.7 Å². The minimum Gasteiger partial charge on any atom is -0.497 e. The molecule has 2 heterocycles. The van der Waals surface area contributed by atoms with Gasteiger partial charge in [-0.3, -0.25) is 4.79 Å². The first kappa shape index (κ1) is 17.9. The number of nitrogens with zero attached hydrogens (tertiary/aromatic N) is 2. The molecule has 1 aromatic carbocycles. The number of methoxy groups -OCH3 is 1. The fourth-order valence-electron chi connectivity index (χ4n) is 2.71. The molecule has 1 N–H and O–H groups in total. The highest BCUT2D eigenvalue weighted by molar-refractivity contribution is 5.78. The zero-order chi connectivity index (χ0) is 18.5. The number of rotatable bonds is 6. The zero-order valence-corrected chi connectivity index (χ0v) is 14.4. The molecule has 1 aromatic heterocycles. The molecule has 1 aliphatic heterocycles. The Hall–Kier alpha value is -2.87. The van der Waals surface area contributed by atoms with Crippen LogP contribution in [-0.4, -0.2) is 59.8 Å². The van der Waals surface area contributed by atoms with Crippen molar-refractivity contribution in [2.75, 3.05) is 26.8 Å². The van der Waals surface area contributed by atoms with Crippen molar-refractivity contribution in [1.29, 1.82) is 0 Å². The first-order chi connectivity index (χ1) is 12.6. The smallest absolute Gasteiger partial charge is 0.334 e. The van der Waals surface area contributed by atoms with Gasteiger partial charge in [0, 0.05) is 24.9 Å². The maximum absolute atomic E-state index is 12.3. The van der Waals surface area contributed by atoms with Gasteiger partial charge in [-0.15, -0.1) is 0 Å². The number of ether oxygens (including phenoxy) is 2. The van der Waals surface area contributed by atoms with Crippen LogP contribution in [0.3, 0.4) is 0 Å². The molecule has 1 saturated heterocycles. The largest absolute Gasteiger partial charge is 0.497 e. The van der Waals surface area contributed by atoms with Crippen LogP contribution >= 0.6 is 0 Å². The Morgan fingerprint density at radius 1 is 1.35 bits per heavy atom. The monoisotopic (exact) mass is 360 g/mol. The Balaban J connectivity index is 1.55. The van der Waals surface area contributed by atoms with Gasteiger partial charge in [0.25, 0.3) is 0 Å². The van der Waals surface area contributed by atoms with E-state index < -0.39 is 12.1 Å². The van der Waals surface area contributed by atoms with Crippen molar-refractivity contribution in [3.05, 3.63) is 36.4 Å². The van der Waals surface area contributed by atoms with Crippen molar-refractivity contribution in [3.8, 4) is 17.1 Å². The first-order valence-corrected chi connectivity index (χ1v) is 8.28. The molecule has 8 nitrogen and oxygen atoms in total. The number of benzene rings is 1. The van der Waals surface area contributed by atoms with Crippen molar-refractivity contribution >= 4 is 11.9 Å². The molecule has 1 atom stereocenters. The Bertz CT molecular complexity index is 770. The van der Waals surface area contributed by atoms with Crippen molar-refractivity contribution in [2.45, 2.75) is 18.9 Å². The molecule has 0 saturated carbocycles. The SMILES string of the molecule is COc1ccc(-c2cnc(CCC(=O)N3CCOC(C(=O)O)C3)o2)cc1. The number of hydrogen-bond acceptors (Lipinski definition) is 6. The number of aliphatic carboxylic acids is 1.